The molecule has 2 aromatic carbocycles. The molecule has 1 heterocycles. The summed E-state index contributed by atoms with van der Waals surface area (Å²) < 4.78 is 5.14. The van der Waals surface area contributed by atoms with Crippen molar-refractivity contribution in [3.05, 3.63) is 60.0 Å². The molecule has 0 aliphatic carbocycles. The highest BCUT2D eigenvalue weighted by Gasteiger charge is 2.16. The zero-order chi connectivity index (χ0) is 17.6. The maximum atomic E-state index is 12.4. The van der Waals surface area contributed by atoms with Crippen LogP contribution in [0.25, 0.3) is 11.3 Å². The molecule has 0 aliphatic heterocycles. The quantitative estimate of drug-likeness (QED) is 0.625. The summed E-state index contributed by atoms with van der Waals surface area (Å²) in [5.41, 5.74) is 1.91. The first-order valence-electron chi connectivity index (χ1n) is 7.78. The molecular weight excluding hydrogens is 352 g/mol. The summed E-state index contributed by atoms with van der Waals surface area (Å²) >= 11 is 2.94. The summed E-state index contributed by atoms with van der Waals surface area (Å²) in [7, 11) is 1.63. The molecule has 6 heteroatoms. The molecule has 0 saturated heterocycles. The number of thiazole rings is 1. The minimum absolute atomic E-state index is 0.0604. The molecule has 128 valence electrons. The molecule has 0 radical (unpaired) electrons. The maximum absolute atomic E-state index is 12.4. The maximum Gasteiger partial charge on any atom is 0.239 e. The van der Waals surface area contributed by atoms with Crippen LogP contribution in [0.15, 0.2) is 64.9 Å². The van der Waals surface area contributed by atoms with Gasteiger partial charge in [-0.15, -0.1) is 23.1 Å². The third kappa shape index (κ3) is 4.61. The van der Waals surface area contributed by atoms with E-state index in [2.05, 4.69) is 10.3 Å². The number of benzene rings is 2. The van der Waals surface area contributed by atoms with Crippen LogP contribution >= 0.6 is 23.1 Å². The lowest BCUT2D eigenvalue weighted by Gasteiger charge is -2.10. The Morgan fingerprint density at radius 3 is 2.56 bits per heavy atom. The minimum Gasteiger partial charge on any atom is -0.497 e. The van der Waals surface area contributed by atoms with Gasteiger partial charge in [0.1, 0.15) is 5.75 Å². The van der Waals surface area contributed by atoms with E-state index in [1.165, 1.54) is 23.1 Å². The Labute approximate surface area is 155 Å². The van der Waals surface area contributed by atoms with Crippen LogP contribution in [0.3, 0.4) is 0 Å². The van der Waals surface area contributed by atoms with Gasteiger partial charge >= 0.3 is 0 Å². The molecular formula is C19H18N2O2S2. The number of rotatable bonds is 6. The molecule has 3 rings (SSSR count). The van der Waals surface area contributed by atoms with E-state index in [4.69, 9.17) is 4.74 Å². The number of hydrogen-bond acceptors (Lipinski definition) is 5. The molecule has 1 atom stereocenters. The third-order valence-electron chi connectivity index (χ3n) is 3.55. The van der Waals surface area contributed by atoms with Gasteiger partial charge < -0.3 is 10.1 Å². The second kappa shape index (κ2) is 8.18. The molecule has 0 fully saturated rings. The van der Waals surface area contributed by atoms with Gasteiger partial charge in [-0.1, -0.05) is 30.3 Å². The van der Waals surface area contributed by atoms with Crippen molar-refractivity contribution in [2.45, 2.75) is 17.1 Å². The van der Waals surface area contributed by atoms with Crippen molar-refractivity contribution in [2.75, 3.05) is 12.4 Å². The fourth-order valence-electron chi connectivity index (χ4n) is 2.19. The first kappa shape index (κ1) is 17.5. The molecule has 0 aliphatic rings. The lowest BCUT2D eigenvalue weighted by atomic mass is 10.2. The summed E-state index contributed by atoms with van der Waals surface area (Å²) in [6, 6.07) is 17.6. The number of nitrogens with zero attached hydrogens (tertiary/aromatic N) is 1. The Kier molecular flexibility index (Phi) is 5.73. The van der Waals surface area contributed by atoms with Crippen LogP contribution in [0.5, 0.6) is 5.75 Å². The summed E-state index contributed by atoms with van der Waals surface area (Å²) in [4.78, 5) is 17.9. The Bertz CT molecular complexity index is 832. The second-order valence-corrected chi connectivity index (χ2v) is 7.60. The van der Waals surface area contributed by atoms with E-state index >= 15 is 0 Å². The third-order valence-corrected chi connectivity index (χ3v) is 5.42. The van der Waals surface area contributed by atoms with E-state index in [0.717, 1.165) is 21.9 Å². The highest BCUT2D eigenvalue weighted by atomic mass is 32.2. The van der Waals surface area contributed by atoms with Gasteiger partial charge in [0.25, 0.3) is 0 Å². The van der Waals surface area contributed by atoms with Crippen molar-refractivity contribution >= 4 is 34.1 Å². The number of carbonyl (C=O) groups excluding carboxylic acids is 1. The lowest BCUT2D eigenvalue weighted by Crippen LogP contribution is -2.22. The van der Waals surface area contributed by atoms with E-state index in [-0.39, 0.29) is 11.2 Å². The fourth-order valence-corrected chi connectivity index (χ4v) is 3.78. The first-order valence-corrected chi connectivity index (χ1v) is 9.54. The lowest BCUT2D eigenvalue weighted by molar-refractivity contribution is -0.115. The summed E-state index contributed by atoms with van der Waals surface area (Å²) in [6.07, 6.45) is 0. The van der Waals surface area contributed by atoms with Crippen LogP contribution in [0.2, 0.25) is 0 Å². The van der Waals surface area contributed by atoms with E-state index in [0.29, 0.717) is 5.13 Å². The zero-order valence-corrected chi connectivity index (χ0v) is 15.6. The van der Waals surface area contributed by atoms with Gasteiger partial charge in [0.15, 0.2) is 5.13 Å². The van der Waals surface area contributed by atoms with Crippen molar-refractivity contribution in [2.24, 2.45) is 0 Å². The number of anilines is 1. The molecule has 1 amide bonds. The first-order chi connectivity index (χ1) is 12.2. The number of methoxy groups -OCH3 is 1. The topological polar surface area (TPSA) is 51.2 Å². The second-order valence-electron chi connectivity index (χ2n) is 5.33. The highest BCUT2D eigenvalue weighted by molar-refractivity contribution is 8.00. The Morgan fingerprint density at radius 2 is 1.88 bits per heavy atom. The molecule has 1 N–H and O–H groups in total. The van der Waals surface area contributed by atoms with Crippen molar-refractivity contribution in [3.63, 3.8) is 0 Å². The largest absolute Gasteiger partial charge is 0.497 e. The molecule has 0 saturated carbocycles. The van der Waals surface area contributed by atoms with Crippen molar-refractivity contribution in [3.8, 4) is 17.0 Å². The Balaban J connectivity index is 1.60. The van der Waals surface area contributed by atoms with Crippen molar-refractivity contribution in [1.82, 2.24) is 4.98 Å². The number of ether oxygens (including phenoxy) is 1. The molecule has 1 aromatic heterocycles. The van der Waals surface area contributed by atoms with Gasteiger partial charge in [0.05, 0.1) is 18.1 Å². The van der Waals surface area contributed by atoms with Gasteiger partial charge in [-0.25, -0.2) is 4.98 Å². The smallest absolute Gasteiger partial charge is 0.239 e. The van der Waals surface area contributed by atoms with E-state index < -0.39 is 0 Å². The average Bonchev–Trinajstić information content (AvgIpc) is 3.11. The van der Waals surface area contributed by atoms with Crippen molar-refractivity contribution < 1.29 is 9.53 Å². The van der Waals surface area contributed by atoms with Gasteiger partial charge in [-0.2, -0.15) is 0 Å². The van der Waals surface area contributed by atoms with E-state index in [1.54, 1.807) is 7.11 Å². The zero-order valence-electron chi connectivity index (χ0n) is 13.9. The minimum atomic E-state index is -0.225. The average molecular weight is 370 g/mol. The van der Waals surface area contributed by atoms with Crippen LogP contribution in [-0.2, 0) is 4.79 Å². The fraction of sp³-hybridized carbons (Fsp3) is 0.158. The molecule has 0 unspecified atom stereocenters. The van der Waals surface area contributed by atoms with Crippen LogP contribution in [-0.4, -0.2) is 23.3 Å². The predicted molar refractivity (Wildman–Crippen MR) is 104 cm³/mol. The van der Waals surface area contributed by atoms with Crippen LogP contribution in [0, 0.1) is 0 Å². The van der Waals surface area contributed by atoms with Crippen LogP contribution < -0.4 is 10.1 Å². The predicted octanol–water partition coefficient (Wildman–Crippen LogP) is 4.94. The van der Waals surface area contributed by atoms with Crippen molar-refractivity contribution in [1.29, 1.82) is 0 Å². The molecule has 4 nitrogen and oxygen atoms in total. The van der Waals surface area contributed by atoms with Gasteiger partial charge in [-0.3, -0.25) is 4.79 Å². The molecule has 0 bridgehead atoms. The van der Waals surface area contributed by atoms with E-state index in [1.807, 2.05) is 66.9 Å². The standard InChI is InChI=1S/C19H18N2O2S2/c1-13(25-16-10-8-15(23-2)9-11-16)18(22)21-19-20-17(12-24-19)14-6-4-3-5-7-14/h3-13H,1-2H3,(H,20,21,22)/t13-/m1/s1. The number of aromatic nitrogens is 1. The van der Waals surface area contributed by atoms with Crippen LogP contribution in [0.1, 0.15) is 6.92 Å². The van der Waals surface area contributed by atoms with Gasteiger partial charge in [0.2, 0.25) is 5.91 Å². The summed E-state index contributed by atoms with van der Waals surface area (Å²) in [6.45, 7) is 1.88. The molecule has 3 aromatic rings. The Morgan fingerprint density at radius 1 is 1.16 bits per heavy atom. The number of thioether (sulfide) groups is 1. The summed E-state index contributed by atoms with van der Waals surface area (Å²) in [5.74, 6) is 0.743. The normalized spacial score (nSPS) is 11.8. The van der Waals surface area contributed by atoms with Gasteiger partial charge in [-0.05, 0) is 31.2 Å². The SMILES string of the molecule is COc1ccc(S[C@H](C)C(=O)Nc2nc(-c3ccccc3)cs2)cc1. The number of hydrogen-bond donors (Lipinski definition) is 1. The Hall–Kier alpha value is -2.31. The number of amides is 1. The number of carbonyl (C=O) groups is 1. The molecule has 0 spiro atoms. The van der Waals surface area contributed by atoms with Gasteiger partial charge in [0, 0.05) is 15.8 Å². The monoisotopic (exact) mass is 370 g/mol. The van der Waals surface area contributed by atoms with E-state index in [9.17, 15) is 4.79 Å². The highest BCUT2D eigenvalue weighted by Crippen LogP contribution is 2.28. The summed E-state index contributed by atoms with van der Waals surface area (Å²) in [5, 5.41) is 5.24. The van der Waals surface area contributed by atoms with Crippen LogP contribution in [0.4, 0.5) is 5.13 Å². The molecule has 25 heavy (non-hydrogen) atoms. The number of nitrogens with one attached hydrogen (secondary N) is 1.